The van der Waals surface area contributed by atoms with E-state index >= 15 is 0 Å². The van der Waals surface area contributed by atoms with E-state index < -0.39 is 7.60 Å². The molecule has 0 aromatic carbocycles. The molecule has 1 aromatic rings. The summed E-state index contributed by atoms with van der Waals surface area (Å²) in [4.78, 5) is 0. The molecule has 5 heteroatoms. The van der Waals surface area contributed by atoms with E-state index in [9.17, 15) is 4.57 Å². The molecule has 4 nitrogen and oxygen atoms in total. The Labute approximate surface area is 134 Å². The van der Waals surface area contributed by atoms with Crippen molar-refractivity contribution in [1.82, 2.24) is 0 Å². The molecule has 0 fully saturated rings. The summed E-state index contributed by atoms with van der Waals surface area (Å²) in [6.45, 7) is 11.1. The summed E-state index contributed by atoms with van der Waals surface area (Å²) >= 11 is 0. The van der Waals surface area contributed by atoms with Gasteiger partial charge < -0.3 is 13.5 Å². The normalized spacial score (nSPS) is 22.1. The van der Waals surface area contributed by atoms with Gasteiger partial charge in [-0.05, 0) is 50.2 Å². The first-order valence-corrected chi connectivity index (χ1v) is 10.1. The highest BCUT2D eigenvalue weighted by atomic mass is 31.2. The fourth-order valence-corrected chi connectivity index (χ4v) is 4.87. The molecule has 1 aliphatic carbocycles. The maximum absolute atomic E-state index is 12.7. The van der Waals surface area contributed by atoms with Gasteiger partial charge in [0.1, 0.15) is 17.7 Å². The van der Waals surface area contributed by atoms with Crippen LogP contribution in [0.5, 0.6) is 0 Å². The molecule has 0 saturated heterocycles. The minimum absolute atomic E-state index is 0.221. The average Bonchev–Trinajstić information content (AvgIpc) is 2.82. The first kappa shape index (κ1) is 17.8. The molecule has 0 radical (unpaired) electrons. The molecular weight excluding hydrogens is 299 g/mol. The SMILES string of the molecule is CCOP(=O)(Cc1cc2c(o1)[C@H](C(C)C)CC[C@H]2C)OCC. The van der Waals surface area contributed by atoms with E-state index in [4.69, 9.17) is 13.5 Å². The maximum atomic E-state index is 12.7. The van der Waals surface area contributed by atoms with Gasteiger partial charge in [0, 0.05) is 5.92 Å². The van der Waals surface area contributed by atoms with Gasteiger partial charge in [0.15, 0.2) is 0 Å². The molecular formula is C17H29O4P. The minimum atomic E-state index is -3.11. The molecule has 0 unspecified atom stereocenters. The average molecular weight is 328 g/mol. The summed E-state index contributed by atoms with van der Waals surface area (Å²) in [5.41, 5.74) is 1.28. The molecule has 0 spiro atoms. The third-order valence-electron chi connectivity index (χ3n) is 4.43. The Morgan fingerprint density at radius 2 is 1.91 bits per heavy atom. The molecule has 1 heterocycles. The van der Waals surface area contributed by atoms with Crippen molar-refractivity contribution in [2.45, 2.75) is 65.5 Å². The summed E-state index contributed by atoms with van der Waals surface area (Å²) in [6, 6.07) is 2.07. The van der Waals surface area contributed by atoms with E-state index in [0.29, 0.717) is 31.0 Å². The van der Waals surface area contributed by atoms with Gasteiger partial charge in [0.25, 0.3) is 0 Å². The van der Waals surface area contributed by atoms with Crippen LogP contribution >= 0.6 is 7.60 Å². The lowest BCUT2D eigenvalue weighted by Crippen LogP contribution is -2.15. The van der Waals surface area contributed by atoms with Gasteiger partial charge in [-0.15, -0.1) is 0 Å². The first-order valence-electron chi connectivity index (χ1n) is 8.40. The smallest absolute Gasteiger partial charge is 0.338 e. The van der Waals surface area contributed by atoms with E-state index in [1.165, 1.54) is 12.0 Å². The predicted octanol–water partition coefficient (Wildman–Crippen LogP) is 5.68. The van der Waals surface area contributed by atoms with Crippen molar-refractivity contribution in [2.75, 3.05) is 13.2 Å². The second-order valence-corrected chi connectivity index (χ2v) is 8.52. The molecule has 2 atom stereocenters. The van der Waals surface area contributed by atoms with Gasteiger partial charge in [0.05, 0.1) is 13.2 Å². The van der Waals surface area contributed by atoms with Gasteiger partial charge in [-0.25, -0.2) is 0 Å². The number of hydrogen-bond acceptors (Lipinski definition) is 4. The Bertz CT molecular complexity index is 525. The van der Waals surface area contributed by atoms with E-state index in [2.05, 4.69) is 26.8 Å². The van der Waals surface area contributed by atoms with Crippen molar-refractivity contribution in [1.29, 1.82) is 0 Å². The molecule has 22 heavy (non-hydrogen) atoms. The van der Waals surface area contributed by atoms with Crippen molar-refractivity contribution < 1.29 is 18.0 Å². The van der Waals surface area contributed by atoms with Crippen LogP contribution in [0.25, 0.3) is 0 Å². The zero-order valence-corrected chi connectivity index (χ0v) is 15.3. The van der Waals surface area contributed by atoms with Crippen LogP contribution < -0.4 is 0 Å². The van der Waals surface area contributed by atoms with Gasteiger partial charge >= 0.3 is 7.60 Å². The summed E-state index contributed by atoms with van der Waals surface area (Å²) < 4.78 is 29.6. The lowest BCUT2D eigenvalue weighted by molar-refractivity contribution is 0.216. The van der Waals surface area contributed by atoms with Gasteiger partial charge in [-0.3, -0.25) is 4.57 Å². The lowest BCUT2D eigenvalue weighted by atomic mass is 9.77. The van der Waals surface area contributed by atoms with Gasteiger partial charge in [-0.2, -0.15) is 0 Å². The number of furan rings is 1. The van der Waals surface area contributed by atoms with Crippen molar-refractivity contribution in [3.63, 3.8) is 0 Å². The maximum Gasteiger partial charge on any atom is 0.338 e. The second kappa shape index (κ2) is 7.33. The zero-order valence-electron chi connectivity index (χ0n) is 14.4. The highest BCUT2D eigenvalue weighted by molar-refractivity contribution is 7.53. The van der Waals surface area contributed by atoms with E-state index in [-0.39, 0.29) is 6.16 Å². The third-order valence-corrected chi connectivity index (χ3v) is 6.43. The number of hydrogen-bond donors (Lipinski definition) is 0. The molecule has 1 aromatic heterocycles. The standard InChI is InChI=1S/C17H29O4P/c1-6-19-22(18,20-7-2)11-14-10-16-13(5)8-9-15(12(3)4)17(16)21-14/h10,12-13,15H,6-9,11H2,1-5H3/t13-,15+/m1/s1. The summed E-state index contributed by atoms with van der Waals surface area (Å²) in [5, 5.41) is 0. The quantitative estimate of drug-likeness (QED) is 0.604. The first-order chi connectivity index (χ1) is 10.4. The van der Waals surface area contributed by atoms with Crippen LogP contribution in [-0.2, 0) is 19.8 Å². The predicted molar refractivity (Wildman–Crippen MR) is 88.5 cm³/mol. The van der Waals surface area contributed by atoms with Crippen molar-refractivity contribution in [3.8, 4) is 0 Å². The van der Waals surface area contributed by atoms with Crippen LogP contribution in [0.4, 0.5) is 0 Å². The van der Waals surface area contributed by atoms with Gasteiger partial charge in [-0.1, -0.05) is 20.8 Å². The lowest BCUT2D eigenvalue weighted by Gasteiger charge is -2.27. The van der Waals surface area contributed by atoms with Crippen LogP contribution in [0.3, 0.4) is 0 Å². The monoisotopic (exact) mass is 328 g/mol. The number of fused-ring (bicyclic) bond motifs is 1. The Hall–Kier alpha value is -0.570. The van der Waals surface area contributed by atoms with Crippen LogP contribution in [0.15, 0.2) is 10.5 Å². The van der Waals surface area contributed by atoms with Crippen molar-refractivity contribution in [3.05, 3.63) is 23.2 Å². The molecule has 1 aliphatic rings. The Kier molecular flexibility index (Phi) is 5.93. The number of rotatable bonds is 7. The molecule has 0 N–H and O–H groups in total. The Morgan fingerprint density at radius 1 is 1.27 bits per heavy atom. The van der Waals surface area contributed by atoms with Crippen LogP contribution in [0.2, 0.25) is 0 Å². The van der Waals surface area contributed by atoms with Crippen molar-refractivity contribution in [2.24, 2.45) is 5.92 Å². The largest absolute Gasteiger partial charge is 0.465 e. The van der Waals surface area contributed by atoms with E-state index in [1.54, 1.807) is 0 Å². The summed E-state index contributed by atoms with van der Waals surface area (Å²) in [5.74, 6) is 3.33. The molecule has 0 amide bonds. The van der Waals surface area contributed by atoms with Crippen LogP contribution in [0, 0.1) is 5.92 Å². The topological polar surface area (TPSA) is 48.7 Å². The van der Waals surface area contributed by atoms with Crippen LogP contribution in [0.1, 0.15) is 76.4 Å². The second-order valence-electron chi connectivity index (χ2n) is 6.47. The summed E-state index contributed by atoms with van der Waals surface area (Å²) in [6.07, 6.45) is 2.57. The fraction of sp³-hybridized carbons (Fsp3) is 0.765. The Balaban J connectivity index is 2.27. The fourth-order valence-electron chi connectivity index (χ4n) is 3.29. The highest BCUT2D eigenvalue weighted by Gasteiger charge is 2.33. The van der Waals surface area contributed by atoms with Crippen molar-refractivity contribution >= 4 is 7.60 Å². The molecule has 0 saturated carbocycles. The summed E-state index contributed by atoms with van der Waals surface area (Å²) in [7, 11) is -3.11. The molecule has 0 bridgehead atoms. The molecule has 2 rings (SSSR count). The van der Waals surface area contributed by atoms with E-state index in [0.717, 1.165) is 17.9 Å². The van der Waals surface area contributed by atoms with Crippen LogP contribution in [-0.4, -0.2) is 13.2 Å². The van der Waals surface area contributed by atoms with Gasteiger partial charge in [0.2, 0.25) is 0 Å². The molecule has 126 valence electrons. The zero-order chi connectivity index (χ0) is 16.3. The molecule has 0 aliphatic heterocycles. The third kappa shape index (κ3) is 3.84. The highest BCUT2D eigenvalue weighted by Crippen LogP contribution is 2.53. The Morgan fingerprint density at radius 3 is 2.45 bits per heavy atom. The van der Waals surface area contributed by atoms with E-state index in [1.807, 2.05) is 13.8 Å². The minimum Gasteiger partial charge on any atom is -0.465 e.